The van der Waals surface area contributed by atoms with Gasteiger partial charge in [-0.2, -0.15) is 10.2 Å². The van der Waals surface area contributed by atoms with Gasteiger partial charge in [0.1, 0.15) is 31.6 Å². The monoisotopic (exact) mass is 529 g/mol. The van der Waals surface area contributed by atoms with Gasteiger partial charge in [-0.3, -0.25) is 15.5 Å². The first-order valence-electron chi connectivity index (χ1n) is 11.3. The fourth-order valence-corrected chi connectivity index (χ4v) is 3.60. The summed E-state index contributed by atoms with van der Waals surface area (Å²) in [4.78, 5) is 35.1. The van der Waals surface area contributed by atoms with Crippen molar-refractivity contribution >= 4 is 40.9 Å². The van der Waals surface area contributed by atoms with Gasteiger partial charge in [0, 0.05) is 25.7 Å². The first-order chi connectivity index (χ1) is 18.0. The number of aromatic nitrogens is 2. The molecule has 3 N–H and O–H groups in total. The van der Waals surface area contributed by atoms with Gasteiger partial charge >= 0.3 is 12.1 Å². The molecule has 1 fully saturated rings. The van der Waals surface area contributed by atoms with E-state index in [1.807, 2.05) is 6.07 Å². The van der Waals surface area contributed by atoms with Crippen LogP contribution in [0.1, 0.15) is 5.69 Å². The summed E-state index contributed by atoms with van der Waals surface area (Å²) in [5, 5.41) is 17.1. The summed E-state index contributed by atoms with van der Waals surface area (Å²) in [6.45, 7) is 3.91. The molecule has 0 unspecified atom stereocenters. The van der Waals surface area contributed by atoms with E-state index in [2.05, 4.69) is 30.8 Å². The minimum atomic E-state index is -0.672. The Hall–Kier alpha value is -4.12. The number of anilines is 3. The second-order valence-corrected chi connectivity index (χ2v) is 8.14. The minimum absolute atomic E-state index is 0.0144. The lowest BCUT2D eigenvalue weighted by molar-refractivity contribution is 0.0290. The van der Waals surface area contributed by atoms with Crippen LogP contribution in [-0.2, 0) is 9.47 Å². The third-order valence-electron chi connectivity index (χ3n) is 5.20. The van der Waals surface area contributed by atoms with Gasteiger partial charge in [-0.15, -0.1) is 0 Å². The van der Waals surface area contributed by atoms with Crippen molar-refractivity contribution in [2.24, 2.45) is 0 Å². The van der Waals surface area contributed by atoms with Crippen molar-refractivity contribution in [3.8, 4) is 17.7 Å². The quantitative estimate of drug-likeness (QED) is 0.502. The molecule has 2 bridgehead atoms. The third-order valence-corrected chi connectivity index (χ3v) is 5.52. The molecule has 0 radical (unpaired) electrons. The van der Waals surface area contributed by atoms with Crippen LogP contribution in [0.4, 0.5) is 26.8 Å². The summed E-state index contributed by atoms with van der Waals surface area (Å²) in [7, 11) is 0. The maximum atomic E-state index is 12.6. The lowest BCUT2D eigenvalue weighted by atomic mass is 10.2. The molecule has 2 aliphatic rings. The SMILES string of the molecule is N#Cc1ncc2nc1OC/C=C\COc1cc(NC(=O)OCCN3CCOCC3)c(Cl)cc1NC(=O)N2. The number of morpholine rings is 1. The van der Waals surface area contributed by atoms with Crippen LogP contribution in [0, 0.1) is 11.3 Å². The zero-order valence-electron chi connectivity index (χ0n) is 19.7. The Balaban J connectivity index is 1.45. The highest BCUT2D eigenvalue weighted by Gasteiger charge is 2.17. The molecule has 37 heavy (non-hydrogen) atoms. The zero-order chi connectivity index (χ0) is 26.0. The summed E-state index contributed by atoms with van der Waals surface area (Å²) in [5.41, 5.74) is 0.479. The summed E-state index contributed by atoms with van der Waals surface area (Å²) < 4.78 is 21.8. The van der Waals surface area contributed by atoms with Crippen LogP contribution in [0.15, 0.2) is 30.5 Å². The molecule has 2 aliphatic heterocycles. The predicted octanol–water partition coefficient (Wildman–Crippen LogP) is 2.85. The van der Waals surface area contributed by atoms with Gasteiger partial charge in [0.05, 0.1) is 35.8 Å². The van der Waals surface area contributed by atoms with E-state index in [9.17, 15) is 14.9 Å². The molecule has 2 aromatic rings. The van der Waals surface area contributed by atoms with Crippen LogP contribution < -0.4 is 25.4 Å². The van der Waals surface area contributed by atoms with Crippen LogP contribution >= 0.6 is 11.6 Å². The smallest absolute Gasteiger partial charge is 0.411 e. The number of urea groups is 1. The summed E-state index contributed by atoms with van der Waals surface area (Å²) in [5.74, 6) is 0.301. The van der Waals surface area contributed by atoms with Gasteiger partial charge < -0.3 is 24.3 Å². The first kappa shape index (κ1) is 26.0. The van der Waals surface area contributed by atoms with Crippen molar-refractivity contribution in [2.45, 2.75) is 0 Å². The molecule has 0 saturated carbocycles. The topological polar surface area (TPSA) is 160 Å². The highest BCUT2D eigenvalue weighted by molar-refractivity contribution is 6.34. The molecule has 3 amide bonds. The van der Waals surface area contributed by atoms with Crippen LogP contribution in [0.3, 0.4) is 0 Å². The molecule has 1 aromatic carbocycles. The Kier molecular flexibility index (Phi) is 8.93. The molecule has 3 heterocycles. The largest absolute Gasteiger partial charge is 0.487 e. The van der Waals surface area contributed by atoms with Gasteiger partial charge in [-0.1, -0.05) is 11.6 Å². The maximum absolute atomic E-state index is 12.6. The average Bonchev–Trinajstić information content (AvgIpc) is 2.88. The normalized spacial score (nSPS) is 16.8. The molecule has 4 rings (SSSR count). The number of rotatable bonds is 4. The van der Waals surface area contributed by atoms with E-state index in [1.54, 1.807) is 12.2 Å². The Morgan fingerprint density at radius 1 is 1.22 bits per heavy atom. The van der Waals surface area contributed by atoms with Gasteiger partial charge in [0.2, 0.25) is 5.69 Å². The summed E-state index contributed by atoms with van der Waals surface area (Å²) in [6, 6.07) is 4.14. The average molecular weight is 530 g/mol. The van der Waals surface area contributed by atoms with Crippen LogP contribution in [-0.4, -0.2) is 79.7 Å². The lowest BCUT2D eigenvalue weighted by Crippen LogP contribution is -2.38. The second kappa shape index (κ2) is 12.7. The third kappa shape index (κ3) is 7.43. The molecule has 0 atom stereocenters. The number of amides is 3. The van der Waals surface area contributed by atoms with E-state index in [0.717, 1.165) is 13.1 Å². The van der Waals surface area contributed by atoms with E-state index in [-0.39, 0.29) is 59.4 Å². The molecule has 14 heteroatoms. The zero-order valence-corrected chi connectivity index (χ0v) is 20.4. The predicted molar refractivity (Wildman–Crippen MR) is 133 cm³/mol. The first-order valence-corrected chi connectivity index (χ1v) is 11.7. The Labute approximate surface area is 217 Å². The van der Waals surface area contributed by atoms with Gasteiger partial charge in [-0.25, -0.2) is 14.6 Å². The maximum Gasteiger partial charge on any atom is 0.411 e. The minimum Gasteiger partial charge on any atom is -0.487 e. The van der Waals surface area contributed by atoms with Gasteiger partial charge in [-0.05, 0) is 18.2 Å². The number of ether oxygens (including phenoxy) is 4. The second-order valence-electron chi connectivity index (χ2n) is 7.74. The van der Waals surface area contributed by atoms with Crippen LogP contribution in [0.5, 0.6) is 11.6 Å². The number of nitriles is 1. The molecule has 1 saturated heterocycles. The number of halogens is 1. The fraction of sp³-hybridized carbons (Fsp3) is 0.348. The Morgan fingerprint density at radius 2 is 2.00 bits per heavy atom. The summed E-state index contributed by atoms with van der Waals surface area (Å²) in [6.07, 6.45) is 3.91. The number of nitrogens with one attached hydrogen (secondary N) is 3. The standard InChI is InChI=1S/C23H24ClN7O6/c24-15-11-17-19(12-16(15)28-23(33)37-10-5-31-3-8-34-9-4-31)35-6-1-2-7-36-21-18(13-25)26-14-20(29-21)30-22(32)27-17/h1-2,11-12,14H,3-10H2,(H,28,33)(H2,27,29,30,32)/b2-1-. The van der Waals surface area contributed by atoms with Crippen molar-refractivity contribution in [1.82, 2.24) is 14.9 Å². The van der Waals surface area contributed by atoms with Crippen molar-refractivity contribution in [2.75, 3.05) is 68.6 Å². The van der Waals surface area contributed by atoms with E-state index in [1.165, 1.54) is 18.3 Å². The highest BCUT2D eigenvalue weighted by Crippen LogP contribution is 2.35. The fourth-order valence-electron chi connectivity index (χ4n) is 3.39. The van der Waals surface area contributed by atoms with E-state index < -0.39 is 12.1 Å². The number of hydrogen-bond acceptors (Lipinski definition) is 10. The highest BCUT2D eigenvalue weighted by atomic mass is 35.5. The lowest BCUT2D eigenvalue weighted by Gasteiger charge is -2.26. The number of carbonyl (C=O) groups excluding carboxylic acids is 2. The van der Waals surface area contributed by atoms with E-state index in [0.29, 0.717) is 19.8 Å². The number of fused-ring (bicyclic) bond motifs is 3. The summed E-state index contributed by atoms with van der Waals surface area (Å²) >= 11 is 6.37. The van der Waals surface area contributed by atoms with Gasteiger partial charge in [0.15, 0.2) is 5.82 Å². The van der Waals surface area contributed by atoms with Crippen molar-refractivity contribution in [1.29, 1.82) is 5.26 Å². The van der Waals surface area contributed by atoms with Crippen molar-refractivity contribution < 1.29 is 28.5 Å². The van der Waals surface area contributed by atoms with Crippen LogP contribution in [0.2, 0.25) is 5.02 Å². The number of nitrogens with zero attached hydrogens (tertiary/aromatic N) is 4. The molecule has 0 aliphatic carbocycles. The van der Waals surface area contributed by atoms with Gasteiger partial charge in [0.25, 0.3) is 5.88 Å². The Bertz CT molecular complexity index is 1210. The molecule has 194 valence electrons. The van der Waals surface area contributed by atoms with E-state index in [4.69, 9.17) is 30.5 Å². The number of hydrogen-bond donors (Lipinski definition) is 3. The van der Waals surface area contributed by atoms with Crippen LogP contribution in [0.25, 0.3) is 0 Å². The van der Waals surface area contributed by atoms with E-state index >= 15 is 0 Å². The molecule has 13 nitrogen and oxygen atoms in total. The molecular weight excluding hydrogens is 506 g/mol. The van der Waals surface area contributed by atoms with Crippen molar-refractivity contribution in [3.63, 3.8) is 0 Å². The molecule has 0 spiro atoms. The molecule has 1 aromatic heterocycles. The molecular formula is C23H24ClN7O6. The number of benzene rings is 1. The van der Waals surface area contributed by atoms with Crippen molar-refractivity contribution in [3.05, 3.63) is 41.2 Å². The Morgan fingerprint density at radius 3 is 2.78 bits per heavy atom. The number of carbonyl (C=O) groups is 2.